The van der Waals surface area contributed by atoms with Crippen LogP contribution >= 0.6 is 0 Å². The lowest BCUT2D eigenvalue weighted by atomic mass is 9.81. The Morgan fingerprint density at radius 1 is 1.07 bits per heavy atom. The Balaban J connectivity index is 1.20. The van der Waals surface area contributed by atoms with Gasteiger partial charge < -0.3 is 14.8 Å². The molecule has 4 saturated heterocycles. The summed E-state index contributed by atoms with van der Waals surface area (Å²) in [6.07, 6.45) is 1.32. The molecule has 0 unspecified atom stereocenters. The van der Waals surface area contributed by atoms with Crippen molar-refractivity contribution in [1.29, 1.82) is 0 Å². The van der Waals surface area contributed by atoms with Crippen LogP contribution in [-0.4, -0.2) is 72.6 Å². The molecular weight excluding hydrogens is 374 g/mol. The topological polar surface area (TPSA) is 88.2 Å². The SMILES string of the molecule is O=C(CN1C(=O)[C@@H]2[C@@H](C1=O)[C@H]1CC[C@H]2O1)Nc1cccc(CN2CCOCC2)c1. The summed E-state index contributed by atoms with van der Waals surface area (Å²) >= 11 is 0. The molecular formula is C21H25N3O5. The van der Waals surface area contributed by atoms with Crippen LogP contribution in [0.2, 0.25) is 0 Å². The maximum atomic E-state index is 12.7. The molecule has 0 saturated carbocycles. The Bertz CT molecular complexity index is 809. The summed E-state index contributed by atoms with van der Waals surface area (Å²) in [4.78, 5) is 41.3. The molecule has 0 spiro atoms. The number of morpholine rings is 1. The number of carbonyl (C=O) groups is 3. The highest BCUT2D eigenvalue weighted by atomic mass is 16.5. The van der Waals surface area contributed by atoms with Gasteiger partial charge in [0, 0.05) is 25.3 Å². The lowest BCUT2D eigenvalue weighted by Crippen LogP contribution is -2.40. The van der Waals surface area contributed by atoms with Gasteiger partial charge in [-0.25, -0.2) is 0 Å². The molecule has 154 valence electrons. The second kappa shape index (κ2) is 7.51. The van der Waals surface area contributed by atoms with Crippen LogP contribution < -0.4 is 5.32 Å². The lowest BCUT2D eigenvalue weighted by molar-refractivity contribution is -0.145. The molecule has 5 rings (SSSR count). The number of anilines is 1. The van der Waals surface area contributed by atoms with E-state index in [1.807, 2.05) is 24.3 Å². The van der Waals surface area contributed by atoms with E-state index in [2.05, 4.69) is 10.2 Å². The van der Waals surface area contributed by atoms with Gasteiger partial charge in [-0.15, -0.1) is 0 Å². The minimum absolute atomic E-state index is 0.161. The first-order valence-corrected chi connectivity index (χ1v) is 10.3. The van der Waals surface area contributed by atoms with Gasteiger partial charge in [-0.05, 0) is 30.5 Å². The fraction of sp³-hybridized carbons (Fsp3) is 0.571. The fourth-order valence-electron chi connectivity index (χ4n) is 5.04. The zero-order valence-electron chi connectivity index (χ0n) is 16.2. The first kappa shape index (κ1) is 18.7. The number of ether oxygens (including phenoxy) is 2. The van der Waals surface area contributed by atoms with E-state index in [-0.39, 0.29) is 36.5 Å². The summed E-state index contributed by atoms with van der Waals surface area (Å²) in [5.41, 5.74) is 1.77. The standard InChI is InChI=1S/C21H25N3O5/c25-17(12-24-20(26)18-15-4-5-16(29-15)19(18)21(24)27)22-14-3-1-2-13(10-14)11-23-6-8-28-9-7-23/h1-3,10,15-16,18-19H,4-9,11-12H2,(H,22,25)/t15-,16-,18+,19+/m1/s1. The molecule has 8 nitrogen and oxygen atoms in total. The molecule has 8 heteroatoms. The second-order valence-electron chi connectivity index (χ2n) is 8.24. The Morgan fingerprint density at radius 3 is 2.45 bits per heavy atom. The zero-order chi connectivity index (χ0) is 20.0. The van der Waals surface area contributed by atoms with Crippen LogP contribution in [0.15, 0.2) is 24.3 Å². The average Bonchev–Trinajstić information content (AvgIpc) is 3.39. The third-order valence-electron chi connectivity index (χ3n) is 6.40. The van der Waals surface area contributed by atoms with Gasteiger partial charge >= 0.3 is 0 Å². The number of imide groups is 1. The molecule has 4 aliphatic heterocycles. The number of nitrogens with zero attached hydrogens (tertiary/aromatic N) is 2. The number of hydrogen-bond acceptors (Lipinski definition) is 6. The molecule has 0 aromatic heterocycles. The number of carbonyl (C=O) groups excluding carboxylic acids is 3. The van der Waals surface area contributed by atoms with Gasteiger partial charge in [0.1, 0.15) is 6.54 Å². The second-order valence-corrected chi connectivity index (χ2v) is 8.24. The van der Waals surface area contributed by atoms with Crippen LogP contribution in [0, 0.1) is 11.8 Å². The summed E-state index contributed by atoms with van der Waals surface area (Å²) in [6.45, 7) is 3.82. The molecule has 4 fully saturated rings. The van der Waals surface area contributed by atoms with Gasteiger partial charge in [0.25, 0.3) is 0 Å². The average molecular weight is 399 g/mol. The minimum Gasteiger partial charge on any atom is -0.379 e. The lowest BCUT2D eigenvalue weighted by Gasteiger charge is -2.26. The van der Waals surface area contributed by atoms with Crippen molar-refractivity contribution in [3.05, 3.63) is 29.8 Å². The van der Waals surface area contributed by atoms with Crippen molar-refractivity contribution in [2.24, 2.45) is 11.8 Å². The van der Waals surface area contributed by atoms with Gasteiger partial charge in [0.2, 0.25) is 17.7 Å². The predicted molar refractivity (Wildman–Crippen MR) is 103 cm³/mol. The Labute approximate surface area is 169 Å². The van der Waals surface area contributed by atoms with Crippen molar-refractivity contribution in [1.82, 2.24) is 9.80 Å². The molecule has 0 aliphatic carbocycles. The van der Waals surface area contributed by atoms with Gasteiger partial charge in [-0.2, -0.15) is 0 Å². The summed E-state index contributed by atoms with van der Waals surface area (Å²) in [6, 6.07) is 7.67. The molecule has 2 bridgehead atoms. The first-order chi connectivity index (χ1) is 14.1. The van der Waals surface area contributed by atoms with E-state index in [1.54, 1.807) is 0 Å². The number of amides is 3. The van der Waals surface area contributed by atoms with E-state index < -0.39 is 11.8 Å². The van der Waals surface area contributed by atoms with Crippen molar-refractivity contribution in [3.8, 4) is 0 Å². The monoisotopic (exact) mass is 399 g/mol. The van der Waals surface area contributed by atoms with E-state index in [4.69, 9.17) is 9.47 Å². The number of benzene rings is 1. The normalized spacial score (nSPS) is 31.4. The van der Waals surface area contributed by atoms with Crippen molar-refractivity contribution >= 4 is 23.4 Å². The van der Waals surface area contributed by atoms with Crippen molar-refractivity contribution in [2.75, 3.05) is 38.2 Å². The van der Waals surface area contributed by atoms with Gasteiger partial charge in [-0.3, -0.25) is 24.2 Å². The summed E-state index contributed by atoms with van der Waals surface area (Å²) in [5.74, 6) is -1.67. The number of likely N-dealkylation sites (tertiary alicyclic amines) is 1. The number of rotatable bonds is 5. The quantitative estimate of drug-likeness (QED) is 0.731. The van der Waals surface area contributed by atoms with E-state index >= 15 is 0 Å². The van der Waals surface area contributed by atoms with Crippen LogP contribution in [0.25, 0.3) is 0 Å². The largest absolute Gasteiger partial charge is 0.379 e. The summed E-state index contributed by atoms with van der Waals surface area (Å²) < 4.78 is 11.1. The minimum atomic E-state index is -0.397. The molecule has 1 aromatic rings. The third kappa shape index (κ3) is 3.45. The predicted octanol–water partition coefficient (Wildman–Crippen LogP) is 0.620. The first-order valence-electron chi connectivity index (χ1n) is 10.3. The maximum absolute atomic E-state index is 12.7. The van der Waals surface area contributed by atoms with Crippen molar-refractivity contribution in [2.45, 2.75) is 31.6 Å². The van der Waals surface area contributed by atoms with Gasteiger partial charge in [0.15, 0.2) is 0 Å². The number of fused-ring (bicyclic) bond motifs is 5. The van der Waals surface area contributed by atoms with Gasteiger partial charge in [-0.1, -0.05) is 12.1 Å². The molecule has 4 aliphatic rings. The van der Waals surface area contributed by atoms with Crippen molar-refractivity contribution < 1.29 is 23.9 Å². The summed E-state index contributed by atoms with van der Waals surface area (Å²) in [7, 11) is 0. The number of hydrogen-bond donors (Lipinski definition) is 1. The Hall–Kier alpha value is -2.29. The highest BCUT2D eigenvalue weighted by Gasteiger charge is 2.62. The molecule has 29 heavy (non-hydrogen) atoms. The van der Waals surface area contributed by atoms with Crippen LogP contribution in [-0.2, 0) is 30.4 Å². The summed E-state index contributed by atoms with van der Waals surface area (Å²) in [5, 5.41) is 2.83. The van der Waals surface area contributed by atoms with E-state index in [0.717, 1.165) is 56.2 Å². The Morgan fingerprint density at radius 2 is 1.76 bits per heavy atom. The molecule has 1 N–H and O–H groups in total. The van der Waals surface area contributed by atoms with Gasteiger partial charge in [0.05, 0.1) is 37.3 Å². The highest BCUT2D eigenvalue weighted by Crippen LogP contribution is 2.48. The Kier molecular flexibility index (Phi) is 4.85. The number of nitrogens with one attached hydrogen (secondary N) is 1. The van der Waals surface area contributed by atoms with Crippen molar-refractivity contribution in [3.63, 3.8) is 0 Å². The van der Waals surface area contributed by atoms with Crippen LogP contribution in [0.1, 0.15) is 18.4 Å². The van der Waals surface area contributed by atoms with Crippen LogP contribution in [0.3, 0.4) is 0 Å². The highest BCUT2D eigenvalue weighted by molar-refractivity contribution is 6.09. The maximum Gasteiger partial charge on any atom is 0.244 e. The molecule has 0 radical (unpaired) electrons. The molecule has 3 amide bonds. The third-order valence-corrected chi connectivity index (χ3v) is 6.40. The van der Waals surface area contributed by atoms with Crippen LogP contribution in [0.5, 0.6) is 0 Å². The fourth-order valence-corrected chi connectivity index (χ4v) is 5.04. The molecule has 4 atom stereocenters. The molecule has 1 aromatic carbocycles. The van der Waals surface area contributed by atoms with E-state index in [0.29, 0.717) is 5.69 Å². The van der Waals surface area contributed by atoms with E-state index in [9.17, 15) is 14.4 Å². The van der Waals surface area contributed by atoms with Crippen LogP contribution in [0.4, 0.5) is 5.69 Å². The van der Waals surface area contributed by atoms with E-state index in [1.165, 1.54) is 0 Å². The molecule has 4 heterocycles. The smallest absolute Gasteiger partial charge is 0.244 e. The zero-order valence-corrected chi connectivity index (χ0v) is 16.2.